The van der Waals surface area contributed by atoms with E-state index in [1.807, 2.05) is 71.4 Å². The van der Waals surface area contributed by atoms with Crippen LogP contribution >= 0.6 is 0 Å². The molecule has 0 saturated heterocycles. The van der Waals surface area contributed by atoms with Gasteiger partial charge in [0.05, 0.1) is 38.1 Å². The van der Waals surface area contributed by atoms with Gasteiger partial charge in [0.2, 0.25) is 0 Å². The van der Waals surface area contributed by atoms with Gasteiger partial charge in [-0.2, -0.15) is 5.10 Å². The van der Waals surface area contributed by atoms with E-state index < -0.39 is 0 Å². The van der Waals surface area contributed by atoms with Gasteiger partial charge >= 0.3 is 0 Å². The third-order valence-electron chi connectivity index (χ3n) is 7.03. The zero-order valence-electron chi connectivity index (χ0n) is 20.8. The van der Waals surface area contributed by atoms with E-state index in [1.54, 1.807) is 20.4 Å². The zero-order chi connectivity index (χ0) is 25.1. The molecule has 0 fully saturated rings. The van der Waals surface area contributed by atoms with Gasteiger partial charge in [0, 0.05) is 12.3 Å². The van der Waals surface area contributed by atoms with Crippen molar-refractivity contribution in [2.24, 2.45) is 0 Å². The minimum absolute atomic E-state index is 0.0568. The number of anilines is 1. The Morgan fingerprint density at radius 1 is 0.944 bits per heavy atom. The molecule has 0 saturated carbocycles. The van der Waals surface area contributed by atoms with Crippen LogP contribution in [-0.2, 0) is 0 Å². The second-order valence-corrected chi connectivity index (χ2v) is 9.27. The summed E-state index contributed by atoms with van der Waals surface area (Å²) in [5, 5.41) is 8.19. The van der Waals surface area contributed by atoms with Gasteiger partial charge in [0.1, 0.15) is 17.3 Å². The lowest BCUT2D eigenvalue weighted by molar-refractivity contribution is 0.0978. The minimum Gasteiger partial charge on any atom is -0.497 e. The third kappa shape index (κ3) is 4.71. The van der Waals surface area contributed by atoms with Crippen molar-refractivity contribution in [1.82, 2.24) is 9.78 Å². The fourth-order valence-electron chi connectivity index (χ4n) is 5.01. The normalized spacial score (nSPS) is 16.8. The maximum absolute atomic E-state index is 13.8. The Labute approximate surface area is 211 Å². The summed E-state index contributed by atoms with van der Waals surface area (Å²) >= 11 is 0. The summed E-state index contributed by atoms with van der Waals surface area (Å²) in [6.45, 7) is 2.15. The summed E-state index contributed by atoms with van der Waals surface area (Å²) in [6.07, 6.45) is 2.95. The molecule has 0 bridgehead atoms. The highest BCUT2D eigenvalue weighted by Crippen LogP contribution is 2.38. The molecular formula is C30H31N3O3. The van der Waals surface area contributed by atoms with E-state index in [4.69, 9.17) is 9.47 Å². The summed E-state index contributed by atoms with van der Waals surface area (Å²) < 4.78 is 12.6. The minimum atomic E-state index is -0.115. The highest BCUT2D eigenvalue weighted by molar-refractivity contribution is 6.01. The molecule has 5 rings (SSSR count). The molecule has 2 heterocycles. The van der Waals surface area contributed by atoms with Crippen molar-refractivity contribution in [3.05, 3.63) is 107 Å². The number of rotatable bonds is 8. The first-order valence-corrected chi connectivity index (χ1v) is 12.3. The largest absolute Gasteiger partial charge is 0.497 e. The Hall–Kier alpha value is -4.06. The molecule has 3 aromatic carbocycles. The van der Waals surface area contributed by atoms with Crippen molar-refractivity contribution >= 4 is 11.6 Å². The maximum Gasteiger partial charge on any atom is 0.169 e. The number of aromatic nitrogens is 2. The molecule has 2 atom stereocenters. The number of nitrogens with zero attached hydrogens (tertiary/aromatic N) is 2. The summed E-state index contributed by atoms with van der Waals surface area (Å²) in [7, 11) is 3.30. The molecule has 1 aromatic heterocycles. The molecule has 1 aliphatic rings. The molecule has 184 valence electrons. The number of ketones is 1. The van der Waals surface area contributed by atoms with Gasteiger partial charge in [0.15, 0.2) is 5.78 Å². The summed E-state index contributed by atoms with van der Waals surface area (Å²) in [4.78, 5) is 13.8. The van der Waals surface area contributed by atoms with Crippen molar-refractivity contribution in [3.8, 4) is 11.5 Å². The van der Waals surface area contributed by atoms with Crippen molar-refractivity contribution < 1.29 is 14.3 Å². The number of ether oxygens (including phenoxy) is 2. The monoisotopic (exact) mass is 481 g/mol. The lowest BCUT2D eigenvalue weighted by Crippen LogP contribution is -2.26. The molecule has 2 unspecified atom stereocenters. The molecule has 0 aliphatic carbocycles. The lowest BCUT2D eigenvalue weighted by Gasteiger charge is -2.31. The van der Waals surface area contributed by atoms with Crippen LogP contribution in [0.3, 0.4) is 0 Å². The van der Waals surface area contributed by atoms with Gasteiger partial charge in [-0.05, 0) is 54.3 Å². The van der Waals surface area contributed by atoms with Gasteiger partial charge in [-0.1, -0.05) is 54.6 Å². The van der Waals surface area contributed by atoms with E-state index in [1.165, 1.54) is 5.56 Å². The van der Waals surface area contributed by atoms with Crippen LogP contribution in [0.15, 0.2) is 85.1 Å². The first-order chi connectivity index (χ1) is 17.6. The Balaban J connectivity index is 1.45. The van der Waals surface area contributed by atoms with Crippen LogP contribution in [0.1, 0.15) is 64.8 Å². The van der Waals surface area contributed by atoms with Crippen LogP contribution in [0.25, 0.3) is 0 Å². The van der Waals surface area contributed by atoms with Gasteiger partial charge < -0.3 is 14.8 Å². The SMILES string of the molecule is COc1ccc(C(CC(=O)c2cnn3c2NC(c2ccccc2)CC3C)c2ccc(OC)cc2)cc1. The Kier molecular flexibility index (Phi) is 6.76. The average Bonchev–Trinajstić information content (AvgIpc) is 3.37. The van der Waals surface area contributed by atoms with E-state index in [0.717, 1.165) is 34.9 Å². The second-order valence-electron chi connectivity index (χ2n) is 9.27. The standard InChI is InChI=1S/C30H31N3O3/c1-20-17-28(23-7-5-4-6-8-23)32-30-27(19-31-33(20)30)29(34)18-26(21-9-13-24(35-2)14-10-21)22-11-15-25(36-3)16-12-22/h4-16,19-20,26,28,32H,17-18H2,1-3H3. The lowest BCUT2D eigenvalue weighted by atomic mass is 9.86. The van der Waals surface area contributed by atoms with Crippen LogP contribution in [0, 0.1) is 0 Å². The fraction of sp³-hybridized carbons (Fsp3) is 0.267. The number of carbonyl (C=O) groups excluding carboxylic acids is 1. The van der Waals surface area contributed by atoms with Gasteiger partial charge in [-0.15, -0.1) is 0 Å². The van der Waals surface area contributed by atoms with Crippen LogP contribution in [-0.4, -0.2) is 29.8 Å². The Bertz CT molecular complexity index is 1270. The average molecular weight is 482 g/mol. The molecule has 4 aromatic rings. The molecule has 6 nitrogen and oxygen atoms in total. The van der Waals surface area contributed by atoms with Crippen LogP contribution in [0.4, 0.5) is 5.82 Å². The quantitative estimate of drug-likeness (QED) is 0.294. The number of Topliss-reactive ketones (excluding diaryl/α,β-unsaturated/α-hetero) is 1. The van der Waals surface area contributed by atoms with Crippen LogP contribution in [0.2, 0.25) is 0 Å². The molecule has 1 N–H and O–H groups in total. The first-order valence-electron chi connectivity index (χ1n) is 12.3. The van der Waals surface area contributed by atoms with E-state index in [-0.39, 0.29) is 23.8 Å². The third-order valence-corrected chi connectivity index (χ3v) is 7.03. The van der Waals surface area contributed by atoms with E-state index in [0.29, 0.717) is 12.0 Å². The molecule has 0 spiro atoms. The predicted octanol–water partition coefficient (Wildman–Crippen LogP) is 6.42. The maximum atomic E-state index is 13.8. The van der Waals surface area contributed by atoms with Gasteiger partial charge in [-0.25, -0.2) is 4.68 Å². The number of fused-ring (bicyclic) bond motifs is 1. The Morgan fingerprint density at radius 2 is 1.53 bits per heavy atom. The second kappa shape index (κ2) is 10.3. The van der Waals surface area contributed by atoms with Gasteiger partial charge in [0.25, 0.3) is 0 Å². The summed E-state index contributed by atoms with van der Waals surface area (Å²) in [5.74, 6) is 2.32. The van der Waals surface area contributed by atoms with Crippen LogP contribution < -0.4 is 14.8 Å². The molecule has 0 radical (unpaired) electrons. The molecular weight excluding hydrogens is 450 g/mol. The fourth-order valence-corrected chi connectivity index (χ4v) is 5.01. The number of hydrogen-bond donors (Lipinski definition) is 1. The summed E-state index contributed by atoms with van der Waals surface area (Å²) in [6, 6.07) is 26.6. The smallest absolute Gasteiger partial charge is 0.169 e. The zero-order valence-corrected chi connectivity index (χ0v) is 20.8. The number of hydrogen-bond acceptors (Lipinski definition) is 5. The van der Waals surface area contributed by atoms with Crippen LogP contribution in [0.5, 0.6) is 11.5 Å². The molecule has 36 heavy (non-hydrogen) atoms. The highest BCUT2D eigenvalue weighted by atomic mass is 16.5. The van der Waals surface area contributed by atoms with Crippen molar-refractivity contribution in [2.45, 2.75) is 37.8 Å². The number of carbonyl (C=O) groups is 1. The molecule has 1 aliphatic heterocycles. The van der Waals surface area contributed by atoms with E-state index in [2.05, 4.69) is 29.5 Å². The summed E-state index contributed by atoms with van der Waals surface area (Å²) in [5.41, 5.74) is 3.96. The van der Waals surface area contributed by atoms with E-state index >= 15 is 0 Å². The van der Waals surface area contributed by atoms with E-state index in [9.17, 15) is 4.79 Å². The van der Waals surface area contributed by atoms with Crippen molar-refractivity contribution in [3.63, 3.8) is 0 Å². The van der Waals surface area contributed by atoms with Crippen molar-refractivity contribution in [1.29, 1.82) is 0 Å². The number of benzene rings is 3. The highest BCUT2D eigenvalue weighted by Gasteiger charge is 2.30. The Morgan fingerprint density at radius 3 is 2.08 bits per heavy atom. The predicted molar refractivity (Wildman–Crippen MR) is 141 cm³/mol. The number of nitrogens with one attached hydrogen (secondary N) is 1. The number of methoxy groups -OCH3 is 2. The van der Waals surface area contributed by atoms with Gasteiger partial charge in [-0.3, -0.25) is 4.79 Å². The molecule has 0 amide bonds. The topological polar surface area (TPSA) is 65.4 Å². The van der Waals surface area contributed by atoms with Crippen molar-refractivity contribution in [2.75, 3.05) is 19.5 Å². The first kappa shape index (κ1) is 23.7. The molecule has 6 heteroatoms.